The van der Waals surface area contributed by atoms with E-state index in [-0.39, 0.29) is 0 Å². The first-order valence-corrected chi connectivity index (χ1v) is 7.48. The SMILES string of the molecule is CCCCCCC(C)n1cc(C)nc1NCCC. The molecule has 1 atom stereocenters. The molecule has 0 saturated heterocycles. The molecule has 1 heterocycles. The maximum atomic E-state index is 4.57. The molecule has 1 aromatic rings. The van der Waals surface area contributed by atoms with Crippen LogP contribution in [0.15, 0.2) is 6.20 Å². The van der Waals surface area contributed by atoms with Crippen LogP contribution in [-0.4, -0.2) is 16.1 Å². The summed E-state index contributed by atoms with van der Waals surface area (Å²) >= 11 is 0. The Morgan fingerprint density at radius 1 is 1.22 bits per heavy atom. The van der Waals surface area contributed by atoms with Crippen LogP contribution in [0.25, 0.3) is 0 Å². The predicted molar refractivity (Wildman–Crippen MR) is 79.2 cm³/mol. The lowest BCUT2D eigenvalue weighted by Crippen LogP contribution is -2.11. The Morgan fingerprint density at radius 2 is 2.00 bits per heavy atom. The first-order valence-electron chi connectivity index (χ1n) is 7.48. The van der Waals surface area contributed by atoms with Gasteiger partial charge in [0.1, 0.15) is 0 Å². The van der Waals surface area contributed by atoms with Crippen LogP contribution in [0.5, 0.6) is 0 Å². The molecule has 0 saturated carbocycles. The second kappa shape index (κ2) is 8.17. The average molecular weight is 251 g/mol. The fraction of sp³-hybridized carbons (Fsp3) is 0.800. The van der Waals surface area contributed by atoms with Gasteiger partial charge in [-0.3, -0.25) is 0 Å². The first kappa shape index (κ1) is 15.1. The highest BCUT2D eigenvalue weighted by molar-refractivity contribution is 5.29. The number of imidazole rings is 1. The number of hydrogen-bond donors (Lipinski definition) is 1. The van der Waals surface area contributed by atoms with Gasteiger partial charge in [-0.15, -0.1) is 0 Å². The Bertz CT molecular complexity index is 330. The first-order chi connectivity index (χ1) is 8.69. The highest BCUT2D eigenvalue weighted by atomic mass is 15.2. The van der Waals surface area contributed by atoms with Crippen LogP contribution >= 0.6 is 0 Å². The van der Waals surface area contributed by atoms with Crippen LogP contribution in [-0.2, 0) is 0 Å². The largest absolute Gasteiger partial charge is 0.356 e. The van der Waals surface area contributed by atoms with Crippen LogP contribution in [0.1, 0.15) is 71.0 Å². The lowest BCUT2D eigenvalue weighted by Gasteiger charge is -2.16. The molecule has 1 aromatic heterocycles. The van der Waals surface area contributed by atoms with Crippen molar-refractivity contribution in [1.29, 1.82) is 0 Å². The summed E-state index contributed by atoms with van der Waals surface area (Å²) in [6.45, 7) is 9.80. The van der Waals surface area contributed by atoms with Crippen LogP contribution in [0.3, 0.4) is 0 Å². The zero-order chi connectivity index (χ0) is 13.4. The third kappa shape index (κ3) is 4.71. The predicted octanol–water partition coefficient (Wildman–Crippen LogP) is 4.54. The maximum absolute atomic E-state index is 4.57. The van der Waals surface area contributed by atoms with E-state index in [0.29, 0.717) is 6.04 Å². The summed E-state index contributed by atoms with van der Waals surface area (Å²) in [6, 6.07) is 0.544. The van der Waals surface area contributed by atoms with Gasteiger partial charge in [0.15, 0.2) is 0 Å². The van der Waals surface area contributed by atoms with E-state index in [1.165, 1.54) is 32.1 Å². The molecule has 1 unspecified atom stereocenters. The van der Waals surface area contributed by atoms with E-state index < -0.39 is 0 Å². The summed E-state index contributed by atoms with van der Waals surface area (Å²) in [4.78, 5) is 4.57. The number of aromatic nitrogens is 2. The van der Waals surface area contributed by atoms with Crippen molar-refractivity contribution < 1.29 is 0 Å². The summed E-state index contributed by atoms with van der Waals surface area (Å²) in [5, 5.41) is 3.42. The topological polar surface area (TPSA) is 29.9 Å². The molecule has 3 heteroatoms. The van der Waals surface area contributed by atoms with Crippen molar-refractivity contribution in [3.8, 4) is 0 Å². The number of nitrogens with zero attached hydrogens (tertiary/aromatic N) is 2. The van der Waals surface area contributed by atoms with E-state index in [9.17, 15) is 0 Å². The van der Waals surface area contributed by atoms with Gasteiger partial charge in [-0.25, -0.2) is 4.98 Å². The molecular formula is C15H29N3. The summed E-state index contributed by atoms with van der Waals surface area (Å²) in [7, 11) is 0. The van der Waals surface area contributed by atoms with Gasteiger partial charge in [0.2, 0.25) is 5.95 Å². The van der Waals surface area contributed by atoms with Crippen molar-refractivity contribution in [2.24, 2.45) is 0 Å². The zero-order valence-electron chi connectivity index (χ0n) is 12.5. The van der Waals surface area contributed by atoms with Crippen LogP contribution in [0, 0.1) is 6.92 Å². The second-order valence-corrected chi connectivity index (χ2v) is 5.24. The van der Waals surface area contributed by atoms with Gasteiger partial charge in [0.25, 0.3) is 0 Å². The lowest BCUT2D eigenvalue weighted by molar-refractivity contribution is 0.475. The fourth-order valence-corrected chi connectivity index (χ4v) is 2.23. The van der Waals surface area contributed by atoms with Crippen molar-refractivity contribution in [2.75, 3.05) is 11.9 Å². The second-order valence-electron chi connectivity index (χ2n) is 5.24. The minimum atomic E-state index is 0.544. The fourth-order valence-electron chi connectivity index (χ4n) is 2.23. The minimum Gasteiger partial charge on any atom is -0.356 e. The molecule has 0 spiro atoms. The molecule has 0 aliphatic rings. The summed E-state index contributed by atoms with van der Waals surface area (Å²) in [5.74, 6) is 1.04. The highest BCUT2D eigenvalue weighted by Crippen LogP contribution is 2.21. The van der Waals surface area contributed by atoms with Crippen molar-refractivity contribution in [3.05, 3.63) is 11.9 Å². The van der Waals surface area contributed by atoms with E-state index in [4.69, 9.17) is 0 Å². The molecule has 0 aromatic carbocycles. The molecule has 0 aliphatic carbocycles. The van der Waals surface area contributed by atoms with Crippen LogP contribution in [0.4, 0.5) is 5.95 Å². The summed E-state index contributed by atoms with van der Waals surface area (Å²) < 4.78 is 2.30. The van der Waals surface area contributed by atoms with E-state index in [0.717, 1.165) is 24.6 Å². The van der Waals surface area contributed by atoms with Gasteiger partial charge in [0.05, 0.1) is 5.69 Å². The Morgan fingerprint density at radius 3 is 2.67 bits per heavy atom. The number of rotatable bonds is 9. The molecule has 0 amide bonds. The molecule has 1 N–H and O–H groups in total. The van der Waals surface area contributed by atoms with E-state index in [1.54, 1.807) is 0 Å². The standard InChI is InChI=1S/C15H29N3/c1-5-7-8-9-10-14(4)18-12-13(3)17-15(18)16-11-6-2/h12,14H,5-11H2,1-4H3,(H,16,17). The number of anilines is 1. The molecule has 3 nitrogen and oxygen atoms in total. The Hall–Kier alpha value is -0.990. The number of unbranched alkanes of at least 4 members (excludes halogenated alkanes) is 3. The quantitative estimate of drug-likeness (QED) is 0.653. The molecule has 0 bridgehead atoms. The maximum Gasteiger partial charge on any atom is 0.203 e. The zero-order valence-corrected chi connectivity index (χ0v) is 12.5. The van der Waals surface area contributed by atoms with Crippen molar-refractivity contribution in [3.63, 3.8) is 0 Å². The third-order valence-corrected chi connectivity index (χ3v) is 3.34. The van der Waals surface area contributed by atoms with Gasteiger partial charge in [-0.2, -0.15) is 0 Å². The van der Waals surface area contributed by atoms with E-state index in [1.807, 2.05) is 0 Å². The van der Waals surface area contributed by atoms with Crippen molar-refractivity contribution in [1.82, 2.24) is 9.55 Å². The molecule has 104 valence electrons. The number of hydrogen-bond acceptors (Lipinski definition) is 2. The van der Waals surface area contributed by atoms with E-state index in [2.05, 4.69) is 48.8 Å². The number of aryl methyl sites for hydroxylation is 1. The Labute approximate surface area is 112 Å². The van der Waals surface area contributed by atoms with Gasteiger partial charge in [-0.1, -0.05) is 39.5 Å². The highest BCUT2D eigenvalue weighted by Gasteiger charge is 2.11. The summed E-state index contributed by atoms with van der Waals surface area (Å²) in [5.41, 5.74) is 1.11. The third-order valence-electron chi connectivity index (χ3n) is 3.34. The van der Waals surface area contributed by atoms with Gasteiger partial charge in [-0.05, 0) is 26.7 Å². The summed E-state index contributed by atoms with van der Waals surface area (Å²) in [6.07, 6.45) is 9.89. The minimum absolute atomic E-state index is 0.544. The molecule has 0 radical (unpaired) electrons. The van der Waals surface area contributed by atoms with Gasteiger partial charge in [0, 0.05) is 18.8 Å². The van der Waals surface area contributed by atoms with Gasteiger partial charge >= 0.3 is 0 Å². The molecule has 1 rings (SSSR count). The van der Waals surface area contributed by atoms with Crippen LogP contribution < -0.4 is 5.32 Å². The number of nitrogens with one attached hydrogen (secondary N) is 1. The normalized spacial score (nSPS) is 12.7. The monoisotopic (exact) mass is 251 g/mol. The lowest BCUT2D eigenvalue weighted by atomic mass is 10.1. The molecule has 18 heavy (non-hydrogen) atoms. The molecule has 0 aliphatic heterocycles. The van der Waals surface area contributed by atoms with Crippen LogP contribution in [0.2, 0.25) is 0 Å². The smallest absolute Gasteiger partial charge is 0.203 e. The van der Waals surface area contributed by atoms with Crippen molar-refractivity contribution in [2.45, 2.75) is 72.3 Å². The van der Waals surface area contributed by atoms with E-state index >= 15 is 0 Å². The molecular weight excluding hydrogens is 222 g/mol. The van der Waals surface area contributed by atoms with Crippen molar-refractivity contribution >= 4 is 5.95 Å². The van der Waals surface area contributed by atoms with Gasteiger partial charge < -0.3 is 9.88 Å². The molecule has 0 fully saturated rings. The average Bonchev–Trinajstić information content (AvgIpc) is 2.73. The Kier molecular flexibility index (Phi) is 6.84. The Balaban J connectivity index is 2.52.